The third-order valence-corrected chi connectivity index (χ3v) is 5.87. The first-order chi connectivity index (χ1) is 9.61. The van der Waals surface area contributed by atoms with Crippen molar-refractivity contribution in [3.63, 3.8) is 0 Å². The number of halogens is 3. The lowest BCUT2D eigenvalue weighted by Crippen LogP contribution is -2.23. The topological polar surface area (TPSA) is 12.0 Å². The monoisotopic (exact) mass is 281 g/mol. The summed E-state index contributed by atoms with van der Waals surface area (Å²) >= 11 is 0. The van der Waals surface area contributed by atoms with Gasteiger partial charge in [0.2, 0.25) is 0 Å². The van der Waals surface area contributed by atoms with Crippen LogP contribution in [0.2, 0.25) is 0 Å². The first kappa shape index (κ1) is 12.7. The molecule has 5 atom stereocenters. The standard InChI is InChI=1S/C16H18F3N/c1-20-16(9-5-11(18)12(19)6-10(9)17)15-13-7-2-3-8(4-7)14(13)15/h5-8,13-16,20H,2-4H2,1H3. The highest BCUT2D eigenvalue weighted by Gasteiger charge is 2.66. The van der Waals surface area contributed by atoms with Gasteiger partial charge >= 0.3 is 0 Å². The van der Waals surface area contributed by atoms with E-state index in [9.17, 15) is 13.2 Å². The van der Waals surface area contributed by atoms with Crippen LogP contribution in [-0.4, -0.2) is 7.05 Å². The first-order valence-corrected chi connectivity index (χ1v) is 7.43. The van der Waals surface area contributed by atoms with E-state index in [0.29, 0.717) is 23.8 Å². The van der Waals surface area contributed by atoms with Crippen molar-refractivity contribution in [3.05, 3.63) is 35.1 Å². The molecule has 0 radical (unpaired) electrons. The summed E-state index contributed by atoms with van der Waals surface area (Å²) in [5.74, 6) is 0.564. The number of nitrogens with one attached hydrogen (secondary N) is 1. The van der Waals surface area contributed by atoms with Crippen LogP contribution in [0.3, 0.4) is 0 Å². The molecule has 3 aliphatic carbocycles. The van der Waals surface area contributed by atoms with Crippen LogP contribution in [0, 0.1) is 47.0 Å². The lowest BCUT2D eigenvalue weighted by Gasteiger charge is -2.21. The SMILES string of the molecule is CNC(c1cc(F)c(F)cc1F)C1C2C3CCC(C3)C21. The number of fused-ring (bicyclic) bond motifs is 5. The molecule has 0 aliphatic heterocycles. The van der Waals surface area contributed by atoms with Crippen molar-refractivity contribution >= 4 is 0 Å². The summed E-state index contributed by atoms with van der Waals surface area (Å²) < 4.78 is 40.5. The summed E-state index contributed by atoms with van der Waals surface area (Å²) in [6.45, 7) is 0. The molecule has 0 spiro atoms. The molecule has 4 heteroatoms. The second-order valence-corrected chi connectivity index (χ2v) is 6.62. The van der Waals surface area contributed by atoms with E-state index in [1.54, 1.807) is 7.05 Å². The summed E-state index contributed by atoms with van der Waals surface area (Å²) in [5, 5.41) is 3.14. The van der Waals surface area contributed by atoms with Gasteiger partial charge in [0.05, 0.1) is 0 Å². The van der Waals surface area contributed by atoms with E-state index in [-0.39, 0.29) is 11.6 Å². The molecule has 20 heavy (non-hydrogen) atoms. The zero-order chi connectivity index (χ0) is 14.0. The highest BCUT2D eigenvalue weighted by molar-refractivity contribution is 5.28. The van der Waals surface area contributed by atoms with E-state index in [1.165, 1.54) is 19.3 Å². The average molecular weight is 281 g/mol. The molecule has 1 N–H and O–H groups in total. The average Bonchev–Trinajstić information content (AvgIpc) is 2.84. The first-order valence-electron chi connectivity index (χ1n) is 7.43. The van der Waals surface area contributed by atoms with Crippen molar-refractivity contribution in [1.82, 2.24) is 5.32 Å². The number of hydrogen-bond donors (Lipinski definition) is 1. The van der Waals surface area contributed by atoms with Gasteiger partial charge in [-0.1, -0.05) is 0 Å². The predicted molar refractivity (Wildman–Crippen MR) is 69.4 cm³/mol. The molecule has 0 heterocycles. The van der Waals surface area contributed by atoms with Crippen molar-refractivity contribution in [2.24, 2.45) is 29.6 Å². The van der Waals surface area contributed by atoms with Gasteiger partial charge in [-0.3, -0.25) is 0 Å². The van der Waals surface area contributed by atoms with E-state index < -0.39 is 17.5 Å². The highest BCUT2D eigenvalue weighted by Crippen LogP contribution is 2.72. The number of benzene rings is 1. The molecule has 1 aromatic rings. The third kappa shape index (κ3) is 1.60. The molecule has 5 unspecified atom stereocenters. The summed E-state index contributed by atoms with van der Waals surface area (Å²) in [4.78, 5) is 0. The second kappa shape index (κ2) is 4.23. The van der Waals surface area contributed by atoms with Crippen LogP contribution >= 0.6 is 0 Å². The van der Waals surface area contributed by atoms with Crippen LogP contribution in [0.5, 0.6) is 0 Å². The van der Waals surface area contributed by atoms with Crippen molar-refractivity contribution in [2.45, 2.75) is 25.3 Å². The Labute approximate surface area is 116 Å². The Morgan fingerprint density at radius 3 is 2.20 bits per heavy atom. The minimum absolute atomic E-state index is 0.191. The Morgan fingerprint density at radius 1 is 1.00 bits per heavy atom. The minimum Gasteiger partial charge on any atom is -0.313 e. The molecule has 0 amide bonds. The van der Waals surface area contributed by atoms with E-state index >= 15 is 0 Å². The Kier molecular flexibility index (Phi) is 2.69. The van der Waals surface area contributed by atoms with Gasteiger partial charge in [0.1, 0.15) is 5.82 Å². The molecule has 3 aliphatic rings. The molecule has 4 rings (SSSR count). The van der Waals surface area contributed by atoms with Gasteiger partial charge in [-0.2, -0.15) is 0 Å². The summed E-state index contributed by atoms with van der Waals surface area (Å²) in [6, 6.07) is 1.51. The van der Waals surface area contributed by atoms with E-state index in [4.69, 9.17) is 0 Å². The quantitative estimate of drug-likeness (QED) is 0.834. The molecule has 0 aromatic heterocycles. The minimum atomic E-state index is -1.11. The summed E-state index contributed by atoms with van der Waals surface area (Å²) in [6.07, 6.45) is 3.90. The van der Waals surface area contributed by atoms with Crippen molar-refractivity contribution in [1.29, 1.82) is 0 Å². The maximum absolute atomic E-state index is 14.0. The third-order valence-electron chi connectivity index (χ3n) is 5.87. The van der Waals surface area contributed by atoms with Crippen molar-refractivity contribution < 1.29 is 13.2 Å². The molecular formula is C16H18F3N. The normalized spacial score (nSPS) is 38.9. The van der Waals surface area contributed by atoms with E-state index in [0.717, 1.165) is 17.9 Å². The second-order valence-electron chi connectivity index (χ2n) is 6.62. The van der Waals surface area contributed by atoms with Gasteiger partial charge in [0.15, 0.2) is 11.6 Å². The Morgan fingerprint density at radius 2 is 1.60 bits per heavy atom. The smallest absolute Gasteiger partial charge is 0.161 e. The molecule has 1 aromatic carbocycles. The lowest BCUT2D eigenvalue weighted by molar-refractivity contribution is 0.373. The van der Waals surface area contributed by atoms with E-state index in [1.807, 2.05) is 0 Å². The van der Waals surface area contributed by atoms with Crippen LogP contribution in [0.15, 0.2) is 12.1 Å². The Balaban J connectivity index is 1.65. The van der Waals surface area contributed by atoms with Gasteiger partial charge in [-0.05, 0) is 62.0 Å². The van der Waals surface area contributed by atoms with Crippen molar-refractivity contribution in [3.8, 4) is 0 Å². The van der Waals surface area contributed by atoms with Gasteiger partial charge in [-0.25, -0.2) is 13.2 Å². The molecule has 108 valence electrons. The molecular weight excluding hydrogens is 263 g/mol. The molecule has 2 bridgehead atoms. The fraction of sp³-hybridized carbons (Fsp3) is 0.625. The van der Waals surface area contributed by atoms with Gasteiger partial charge in [-0.15, -0.1) is 0 Å². The van der Waals surface area contributed by atoms with Gasteiger partial charge < -0.3 is 5.32 Å². The molecule has 3 fully saturated rings. The number of rotatable bonds is 3. The maximum Gasteiger partial charge on any atom is 0.161 e. The van der Waals surface area contributed by atoms with Crippen LogP contribution in [0.4, 0.5) is 13.2 Å². The van der Waals surface area contributed by atoms with Crippen LogP contribution in [-0.2, 0) is 0 Å². The molecule has 3 saturated carbocycles. The lowest BCUT2D eigenvalue weighted by atomic mass is 9.92. The Hall–Kier alpha value is -1.03. The maximum atomic E-state index is 14.0. The summed E-state index contributed by atoms with van der Waals surface area (Å²) in [7, 11) is 1.78. The van der Waals surface area contributed by atoms with Crippen LogP contribution in [0.1, 0.15) is 30.9 Å². The fourth-order valence-corrected chi connectivity index (χ4v) is 5.17. The zero-order valence-corrected chi connectivity index (χ0v) is 11.4. The predicted octanol–water partition coefficient (Wildman–Crippen LogP) is 3.66. The van der Waals surface area contributed by atoms with Gasteiger partial charge in [0, 0.05) is 17.7 Å². The van der Waals surface area contributed by atoms with Crippen LogP contribution < -0.4 is 5.32 Å². The van der Waals surface area contributed by atoms with Crippen molar-refractivity contribution in [2.75, 3.05) is 7.05 Å². The van der Waals surface area contributed by atoms with Crippen LogP contribution in [0.25, 0.3) is 0 Å². The fourth-order valence-electron chi connectivity index (χ4n) is 5.17. The van der Waals surface area contributed by atoms with Gasteiger partial charge in [0.25, 0.3) is 0 Å². The Bertz CT molecular complexity index is 543. The summed E-state index contributed by atoms with van der Waals surface area (Å²) in [5.41, 5.74) is 0.283. The largest absolute Gasteiger partial charge is 0.313 e. The van der Waals surface area contributed by atoms with E-state index in [2.05, 4.69) is 5.32 Å². The zero-order valence-electron chi connectivity index (χ0n) is 11.4. The number of hydrogen-bond acceptors (Lipinski definition) is 1. The molecule has 0 saturated heterocycles. The highest BCUT2D eigenvalue weighted by atomic mass is 19.2. The molecule has 1 nitrogen and oxygen atoms in total.